The molecule has 0 fully saturated rings. The van der Waals surface area contributed by atoms with Crippen molar-refractivity contribution in [2.45, 2.75) is 31.6 Å². The van der Waals surface area contributed by atoms with Crippen LogP contribution < -0.4 is 10.5 Å². The number of nitrogens with two attached hydrogens (primary N) is 1. The first kappa shape index (κ1) is 15.1. The van der Waals surface area contributed by atoms with Crippen LogP contribution in [-0.4, -0.2) is 21.5 Å². The van der Waals surface area contributed by atoms with Crippen molar-refractivity contribution in [3.05, 3.63) is 29.8 Å². The smallest absolute Gasteiger partial charge is 0.240 e. The van der Waals surface area contributed by atoms with E-state index in [9.17, 15) is 8.42 Å². The van der Waals surface area contributed by atoms with Crippen molar-refractivity contribution < 1.29 is 8.42 Å². The highest BCUT2D eigenvalue weighted by Crippen LogP contribution is 2.12. The van der Waals surface area contributed by atoms with E-state index in [0.717, 1.165) is 18.4 Å². The zero-order valence-electron chi connectivity index (χ0n) is 11.0. The maximum absolute atomic E-state index is 12.1. The van der Waals surface area contributed by atoms with Crippen LogP contribution in [-0.2, 0) is 10.0 Å². The monoisotopic (exact) mass is 270 g/mol. The lowest BCUT2D eigenvalue weighted by molar-refractivity contribution is 0.466. The van der Waals surface area contributed by atoms with Crippen LogP contribution in [0.2, 0.25) is 0 Å². The molecule has 5 heteroatoms. The summed E-state index contributed by atoms with van der Waals surface area (Å²) < 4.78 is 26.8. The van der Waals surface area contributed by atoms with Crippen LogP contribution in [0.15, 0.2) is 29.2 Å². The Morgan fingerprint density at radius 2 is 2.11 bits per heavy atom. The van der Waals surface area contributed by atoms with Crippen LogP contribution >= 0.6 is 0 Å². The lowest BCUT2D eigenvalue weighted by Gasteiger charge is -2.15. The summed E-state index contributed by atoms with van der Waals surface area (Å²) in [5.41, 5.74) is 6.43. The van der Waals surface area contributed by atoms with Gasteiger partial charge in [-0.1, -0.05) is 25.5 Å². The molecule has 3 N–H and O–H groups in total. The van der Waals surface area contributed by atoms with Crippen LogP contribution in [0.1, 0.15) is 25.3 Å². The second-order valence-electron chi connectivity index (χ2n) is 4.52. The SMILES string of the molecule is CCC(CCN)CNS(=O)(=O)c1cccc(C)c1. The summed E-state index contributed by atoms with van der Waals surface area (Å²) in [5.74, 6) is 0.301. The molecule has 102 valence electrons. The zero-order valence-corrected chi connectivity index (χ0v) is 11.8. The van der Waals surface area contributed by atoms with E-state index in [-0.39, 0.29) is 0 Å². The summed E-state index contributed by atoms with van der Waals surface area (Å²) in [6.07, 6.45) is 1.76. The molecule has 0 heterocycles. The zero-order chi connectivity index (χ0) is 13.6. The number of aryl methyl sites for hydroxylation is 1. The maximum Gasteiger partial charge on any atom is 0.240 e. The van der Waals surface area contributed by atoms with Crippen molar-refractivity contribution in [1.82, 2.24) is 4.72 Å². The van der Waals surface area contributed by atoms with E-state index in [0.29, 0.717) is 23.9 Å². The molecule has 0 aliphatic carbocycles. The number of hydrogen-bond acceptors (Lipinski definition) is 3. The molecular weight excluding hydrogens is 248 g/mol. The van der Waals surface area contributed by atoms with Gasteiger partial charge in [-0.3, -0.25) is 0 Å². The first-order valence-corrected chi connectivity index (χ1v) is 7.74. The highest BCUT2D eigenvalue weighted by atomic mass is 32.2. The molecule has 1 rings (SSSR count). The average molecular weight is 270 g/mol. The lowest BCUT2D eigenvalue weighted by atomic mass is 10.0. The predicted molar refractivity (Wildman–Crippen MR) is 73.8 cm³/mol. The van der Waals surface area contributed by atoms with E-state index in [1.807, 2.05) is 19.9 Å². The molecule has 0 amide bonds. The van der Waals surface area contributed by atoms with E-state index in [4.69, 9.17) is 5.73 Å². The maximum atomic E-state index is 12.1. The van der Waals surface area contributed by atoms with Crippen molar-refractivity contribution in [2.75, 3.05) is 13.1 Å². The van der Waals surface area contributed by atoms with Gasteiger partial charge < -0.3 is 5.73 Å². The quantitative estimate of drug-likeness (QED) is 0.791. The Morgan fingerprint density at radius 3 is 2.67 bits per heavy atom. The standard InChI is InChI=1S/C13H22N2O2S/c1-3-12(7-8-14)10-15-18(16,17)13-6-4-5-11(2)9-13/h4-6,9,12,15H,3,7-8,10,14H2,1-2H3. The first-order chi connectivity index (χ1) is 8.49. The molecule has 0 radical (unpaired) electrons. The molecule has 1 unspecified atom stereocenters. The van der Waals surface area contributed by atoms with Crippen molar-refractivity contribution in [3.63, 3.8) is 0 Å². The van der Waals surface area contributed by atoms with Gasteiger partial charge in [-0.2, -0.15) is 0 Å². The fourth-order valence-electron chi connectivity index (χ4n) is 1.78. The summed E-state index contributed by atoms with van der Waals surface area (Å²) in [7, 11) is -3.40. The summed E-state index contributed by atoms with van der Waals surface area (Å²) in [4.78, 5) is 0.324. The molecular formula is C13H22N2O2S. The summed E-state index contributed by atoms with van der Waals surface area (Å²) in [6, 6.07) is 6.91. The van der Waals surface area contributed by atoms with Gasteiger partial charge in [0.2, 0.25) is 10.0 Å². The van der Waals surface area contributed by atoms with Gasteiger partial charge in [-0.25, -0.2) is 13.1 Å². The molecule has 1 atom stereocenters. The third-order valence-electron chi connectivity index (χ3n) is 3.01. The molecule has 0 saturated carbocycles. The Kier molecular flexibility index (Phi) is 5.78. The highest BCUT2D eigenvalue weighted by molar-refractivity contribution is 7.89. The van der Waals surface area contributed by atoms with Gasteiger partial charge in [0.15, 0.2) is 0 Å². The Morgan fingerprint density at radius 1 is 1.39 bits per heavy atom. The van der Waals surface area contributed by atoms with E-state index in [1.54, 1.807) is 18.2 Å². The number of rotatable bonds is 7. The number of hydrogen-bond donors (Lipinski definition) is 2. The molecule has 1 aromatic carbocycles. The van der Waals surface area contributed by atoms with Gasteiger partial charge >= 0.3 is 0 Å². The summed E-state index contributed by atoms with van der Waals surface area (Å²) in [6.45, 7) is 4.96. The van der Waals surface area contributed by atoms with Crippen molar-refractivity contribution in [1.29, 1.82) is 0 Å². The Labute approximate surface area is 110 Å². The van der Waals surface area contributed by atoms with E-state index in [2.05, 4.69) is 4.72 Å². The average Bonchev–Trinajstić information content (AvgIpc) is 2.34. The minimum absolute atomic E-state index is 0.301. The van der Waals surface area contributed by atoms with Gasteiger partial charge in [0, 0.05) is 6.54 Å². The molecule has 4 nitrogen and oxygen atoms in total. The second kappa shape index (κ2) is 6.87. The van der Waals surface area contributed by atoms with Crippen molar-refractivity contribution in [2.24, 2.45) is 11.7 Å². The Hall–Kier alpha value is -0.910. The van der Waals surface area contributed by atoms with Crippen LogP contribution in [0.3, 0.4) is 0 Å². The molecule has 0 spiro atoms. The summed E-state index contributed by atoms with van der Waals surface area (Å²) in [5, 5.41) is 0. The van der Waals surface area contributed by atoms with E-state index < -0.39 is 10.0 Å². The minimum atomic E-state index is -3.40. The van der Waals surface area contributed by atoms with Crippen LogP contribution in [0.25, 0.3) is 0 Å². The summed E-state index contributed by atoms with van der Waals surface area (Å²) >= 11 is 0. The van der Waals surface area contributed by atoms with Gasteiger partial charge in [-0.15, -0.1) is 0 Å². The number of sulfonamides is 1. The molecule has 18 heavy (non-hydrogen) atoms. The largest absolute Gasteiger partial charge is 0.330 e. The molecule has 0 bridgehead atoms. The van der Waals surface area contributed by atoms with Crippen LogP contribution in [0, 0.1) is 12.8 Å². The second-order valence-corrected chi connectivity index (χ2v) is 6.29. The Balaban J connectivity index is 2.70. The lowest BCUT2D eigenvalue weighted by Crippen LogP contribution is -2.30. The third kappa shape index (κ3) is 4.40. The molecule has 0 saturated heterocycles. The van der Waals surface area contributed by atoms with Gasteiger partial charge in [0.05, 0.1) is 4.90 Å². The Bertz CT molecular complexity index is 472. The first-order valence-electron chi connectivity index (χ1n) is 6.26. The van der Waals surface area contributed by atoms with E-state index >= 15 is 0 Å². The number of nitrogens with one attached hydrogen (secondary N) is 1. The highest BCUT2D eigenvalue weighted by Gasteiger charge is 2.15. The number of benzene rings is 1. The van der Waals surface area contributed by atoms with Crippen molar-refractivity contribution >= 4 is 10.0 Å². The van der Waals surface area contributed by atoms with Crippen LogP contribution in [0.5, 0.6) is 0 Å². The fourth-order valence-corrected chi connectivity index (χ4v) is 3.00. The minimum Gasteiger partial charge on any atom is -0.330 e. The third-order valence-corrected chi connectivity index (χ3v) is 4.44. The topological polar surface area (TPSA) is 72.2 Å². The fraction of sp³-hybridized carbons (Fsp3) is 0.538. The van der Waals surface area contributed by atoms with E-state index in [1.165, 1.54) is 0 Å². The van der Waals surface area contributed by atoms with Crippen LogP contribution in [0.4, 0.5) is 0 Å². The molecule has 0 aliphatic rings. The van der Waals surface area contributed by atoms with Gasteiger partial charge in [-0.05, 0) is 43.5 Å². The molecule has 0 aromatic heterocycles. The molecule has 1 aromatic rings. The predicted octanol–water partition coefficient (Wildman–Crippen LogP) is 1.65. The molecule has 0 aliphatic heterocycles. The van der Waals surface area contributed by atoms with Crippen molar-refractivity contribution in [3.8, 4) is 0 Å². The van der Waals surface area contributed by atoms with Gasteiger partial charge in [0.25, 0.3) is 0 Å². The van der Waals surface area contributed by atoms with Gasteiger partial charge in [0.1, 0.15) is 0 Å². The normalized spacial score (nSPS) is 13.5.